The molecule has 34 heavy (non-hydrogen) atoms. The Morgan fingerprint density at radius 2 is 1.35 bits per heavy atom. The molecule has 1 aromatic heterocycles. The lowest BCUT2D eigenvalue weighted by atomic mass is 9.87. The molecule has 2 aromatic carbocycles. The lowest BCUT2D eigenvalue weighted by molar-refractivity contribution is -0.659. The summed E-state index contributed by atoms with van der Waals surface area (Å²) in [5.41, 5.74) is 7.69. The normalized spacial score (nSPS) is 14.1. The molecule has 0 spiro atoms. The van der Waals surface area contributed by atoms with Gasteiger partial charge in [-0.15, -0.1) is 0 Å². The van der Waals surface area contributed by atoms with Gasteiger partial charge in [-0.2, -0.15) is 0 Å². The van der Waals surface area contributed by atoms with E-state index in [4.69, 9.17) is 0 Å². The average molecular weight is 491 g/mol. The summed E-state index contributed by atoms with van der Waals surface area (Å²) in [5, 5.41) is 2.67. The minimum Gasteiger partial charge on any atom is -0.201 e. The maximum Gasteiger partial charge on any atom is 0.212 e. The number of aryl methyl sites for hydroxylation is 3. The minimum atomic E-state index is -1.79. The van der Waals surface area contributed by atoms with Gasteiger partial charge >= 0.3 is 0 Å². The number of hydrogen-bond donors (Lipinski definition) is 0. The van der Waals surface area contributed by atoms with Crippen LogP contribution in [0, 0.1) is 19.3 Å². The number of pyridine rings is 1. The van der Waals surface area contributed by atoms with Gasteiger partial charge in [0, 0.05) is 19.6 Å². The highest BCUT2D eigenvalue weighted by molar-refractivity contribution is 6.90. The Morgan fingerprint density at radius 3 is 1.85 bits per heavy atom. The summed E-state index contributed by atoms with van der Waals surface area (Å²) in [6.07, 6.45) is 0.773. The van der Waals surface area contributed by atoms with Crippen LogP contribution >= 0.6 is 0 Å². The van der Waals surface area contributed by atoms with E-state index in [1.54, 1.807) is 0 Å². The molecule has 0 N–H and O–H groups in total. The smallest absolute Gasteiger partial charge is 0.201 e. The number of nitrogens with zero attached hydrogens (tertiary/aromatic N) is 1. The predicted octanol–water partition coefficient (Wildman–Crippen LogP) is 7.14. The van der Waals surface area contributed by atoms with E-state index in [2.05, 4.69) is 113 Å². The van der Waals surface area contributed by atoms with E-state index in [1.807, 2.05) is 20.8 Å². The van der Waals surface area contributed by atoms with E-state index in [0.29, 0.717) is 0 Å². The summed E-state index contributed by atoms with van der Waals surface area (Å²) in [4.78, 5) is 0. The topological polar surface area (TPSA) is 3.88 Å². The van der Waals surface area contributed by atoms with E-state index in [1.165, 1.54) is 38.2 Å². The first-order valence-electron chi connectivity index (χ1n) is 13.5. The fourth-order valence-electron chi connectivity index (χ4n) is 4.60. The maximum absolute atomic E-state index is 9.22. The summed E-state index contributed by atoms with van der Waals surface area (Å²) in [6, 6.07) is 15.8. The molecule has 0 radical (unpaired) electrons. The quantitative estimate of drug-likeness (QED) is 0.264. The highest BCUT2D eigenvalue weighted by Gasteiger charge is 2.29. The van der Waals surface area contributed by atoms with Crippen molar-refractivity contribution in [3.8, 4) is 22.4 Å². The van der Waals surface area contributed by atoms with E-state index in [0.717, 1.165) is 11.3 Å². The van der Waals surface area contributed by atoms with Gasteiger partial charge in [0.15, 0.2) is 6.20 Å². The lowest BCUT2D eigenvalue weighted by Gasteiger charge is -2.26. The zero-order valence-corrected chi connectivity index (χ0v) is 25.6. The molecule has 182 valence electrons. The van der Waals surface area contributed by atoms with Gasteiger partial charge in [0.05, 0.1) is 16.1 Å². The molecule has 1 nitrogen and oxygen atoms in total. The first-order valence-corrected chi connectivity index (χ1v) is 19.5. The summed E-state index contributed by atoms with van der Waals surface area (Å²) >= 11 is 0. The van der Waals surface area contributed by atoms with Crippen molar-refractivity contribution in [3.63, 3.8) is 0 Å². The van der Waals surface area contributed by atoms with Crippen LogP contribution in [0.15, 0.2) is 48.7 Å². The zero-order valence-electron chi connectivity index (χ0n) is 25.6. The van der Waals surface area contributed by atoms with Crippen molar-refractivity contribution in [2.45, 2.75) is 80.3 Å². The Kier molecular flexibility index (Phi) is 6.45. The molecule has 0 atom stereocenters. The van der Waals surface area contributed by atoms with Gasteiger partial charge in [0.25, 0.3) is 0 Å². The highest BCUT2D eigenvalue weighted by Crippen LogP contribution is 2.30. The molecule has 0 aliphatic rings. The molecular formula is C31H46NSi2+. The largest absolute Gasteiger partial charge is 0.212 e. The van der Waals surface area contributed by atoms with Gasteiger partial charge in [0.1, 0.15) is 7.05 Å². The van der Waals surface area contributed by atoms with E-state index < -0.39 is 27.9 Å². The number of hydrogen-bond acceptors (Lipinski definition) is 0. The van der Waals surface area contributed by atoms with Crippen molar-refractivity contribution in [1.29, 1.82) is 0 Å². The van der Waals surface area contributed by atoms with E-state index in [9.17, 15) is 2.74 Å². The molecule has 3 heteroatoms. The molecule has 3 rings (SSSR count). The van der Waals surface area contributed by atoms with Gasteiger partial charge in [-0.05, 0) is 54.0 Å². The van der Waals surface area contributed by atoms with Crippen molar-refractivity contribution in [1.82, 2.24) is 0 Å². The fraction of sp³-hybridized carbons (Fsp3) is 0.452. The monoisotopic (exact) mass is 490 g/mol. The molecule has 0 saturated carbocycles. The van der Waals surface area contributed by atoms with Crippen LogP contribution in [0.3, 0.4) is 0 Å². The summed E-state index contributed by atoms with van der Waals surface area (Å²) in [6.45, 7) is 24.6. The van der Waals surface area contributed by atoms with Gasteiger partial charge in [-0.3, -0.25) is 0 Å². The summed E-state index contributed by atoms with van der Waals surface area (Å²) in [7, 11) is -1.28. The Bertz CT molecular complexity index is 1270. The standard InChI is InChI=1S/C31H46NSi2/c1-22-13-15-24(16-14-22)27-19-26(23(2)17-29(27)33(7,8)9)28-18-25(20-31(3,4)5)30(21-32(28)6)34(10,11)12/h13-19,21H,20H2,1-12H3/q+1/i20D2. The second-order valence-electron chi connectivity index (χ2n) is 13.1. The van der Waals surface area contributed by atoms with Crippen LogP contribution in [-0.4, -0.2) is 16.1 Å². The number of benzene rings is 2. The fourth-order valence-corrected chi connectivity index (χ4v) is 7.80. The second-order valence-corrected chi connectivity index (χ2v) is 23.1. The third-order valence-corrected chi connectivity index (χ3v) is 10.4. The Morgan fingerprint density at radius 1 is 0.794 bits per heavy atom. The van der Waals surface area contributed by atoms with Gasteiger partial charge in [-0.25, -0.2) is 4.57 Å². The van der Waals surface area contributed by atoms with Crippen LogP contribution in [-0.2, 0) is 13.4 Å². The first-order chi connectivity index (χ1) is 16.2. The first kappa shape index (κ1) is 23.8. The van der Waals surface area contributed by atoms with Crippen LogP contribution in [0.5, 0.6) is 0 Å². The molecule has 3 aromatic rings. The minimum absolute atomic E-state index is 0.512. The third kappa shape index (κ3) is 5.98. The average Bonchev–Trinajstić information content (AvgIpc) is 2.72. The maximum atomic E-state index is 9.22. The van der Waals surface area contributed by atoms with Crippen LogP contribution in [0.25, 0.3) is 22.4 Å². The van der Waals surface area contributed by atoms with Crippen molar-refractivity contribution in [3.05, 3.63) is 65.4 Å². The molecular weight excluding hydrogens is 443 g/mol. The lowest BCUT2D eigenvalue weighted by Crippen LogP contribution is -2.47. The van der Waals surface area contributed by atoms with Crippen molar-refractivity contribution >= 4 is 26.5 Å². The van der Waals surface area contributed by atoms with Gasteiger partial charge in [0.2, 0.25) is 5.69 Å². The van der Waals surface area contributed by atoms with E-state index in [-0.39, 0.29) is 0 Å². The molecule has 0 unspecified atom stereocenters. The van der Waals surface area contributed by atoms with Crippen molar-refractivity contribution in [2.75, 3.05) is 0 Å². The number of rotatable bonds is 5. The molecule has 0 aliphatic carbocycles. The van der Waals surface area contributed by atoms with Gasteiger partial charge in [-0.1, -0.05) is 101 Å². The third-order valence-electron chi connectivity index (χ3n) is 6.40. The molecule has 1 heterocycles. The van der Waals surface area contributed by atoms with Crippen LogP contribution in [0.4, 0.5) is 0 Å². The predicted molar refractivity (Wildman–Crippen MR) is 157 cm³/mol. The van der Waals surface area contributed by atoms with Gasteiger partial charge < -0.3 is 0 Å². The SMILES string of the molecule is [2H]C([2H])(c1cc(-c2cc(-c3ccc(C)cc3)c([Si](C)(C)C)cc2C)[n+](C)cc1[Si](C)(C)C)C(C)(C)C. The molecule has 0 fully saturated rings. The molecule has 0 saturated heterocycles. The van der Waals surface area contributed by atoms with Crippen LogP contribution in [0.2, 0.25) is 39.3 Å². The van der Waals surface area contributed by atoms with Crippen molar-refractivity contribution < 1.29 is 7.31 Å². The zero-order chi connectivity index (χ0) is 27.4. The summed E-state index contributed by atoms with van der Waals surface area (Å²) < 4.78 is 20.7. The molecule has 0 amide bonds. The molecule has 0 bridgehead atoms. The summed E-state index contributed by atoms with van der Waals surface area (Å²) in [5.74, 6) is 0. The second kappa shape index (κ2) is 9.24. The molecule has 0 aliphatic heterocycles. The van der Waals surface area contributed by atoms with E-state index >= 15 is 0 Å². The highest BCUT2D eigenvalue weighted by atomic mass is 28.3. The van der Waals surface area contributed by atoms with Crippen LogP contribution < -0.4 is 14.9 Å². The number of aromatic nitrogens is 1. The Balaban J connectivity index is 2.40. The van der Waals surface area contributed by atoms with Crippen LogP contribution in [0.1, 0.15) is 40.2 Å². The van der Waals surface area contributed by atoms with Crippen molar-refractivity contribution in [2.24, 2.45) is 12.5 Å². The Hall–Kier alpha value is -1.98. The Labute approximate surface area is 214 Å².